The Balaban J connectivity index is 2.12. The van der Waals surface area contributed by atoms with Gasteiger partial charge in [0.05, 0.1) is 26.4 Å². The topological polar surface area (TPSA) is 30.9 Å². The first-order chi connectivity index (χ1) is 9.12. The quantitative estimate of drug-likeness (QED) is 0.836. The summed E-state index contributed by atoms with van der Waals surface area (Å²) in [5.41, 5.74) is 1.16. The van der Waals surface area contributed by atoms with Crippen molar-refractivity contribution < 1.29 is 14.2 Å². The van der Waals surface area contributed by atoms with E-state index in [1.165, 1.54) is 0 Å². The molecule has 4 nitrogen and oxygen atoms in total. The summed E-state index contributed by atoms with van der Waals surface area (Å²) < 4.78 is 16.5. The molecule has 2 unspecified atom stereocenters. The van der Waals surface area contributed by atoms with Crippen LogP contribution in [-0.4, -0.2) is 44.4 Å². The second-order valence-corrected chi connectivity index (χ2v) is 5.13. The van der Waals surface area contributed by atoms with Gasteiger partial charge in [-0.2, -0.15) is 0 Å². The molecular weight excluding hydrogens is 242 g/mol. The van der Waals surface area contributed by atoms with Crippen molar-refractivity contribution >= 4 is 0 Å². The average molecular weight is 265 g/mol. The van der Waals surface area contributed by atoms with E-state index >= 15 is 0 Å². The molecule has 0 saturated carbocycles. The van der Waals surface area contributed by atoms with Crippen LogP contribution in [0.25, 0.3) is 0 Å². The van der Waals surface area contributed by atoms with Gasteiger partial charge in [0.15, 0.2) is 0 Å². The first-order valence-corrected chi connectivity index (χ1v) is 6.71. The molecule has 1 aliphatic heterocycles. The van der Waals surface area contributed by atoms with Gasteiger partial charge in [-0.1, -0.05) is 0 Å². The van der Waals surface area contributed by atoms with Crippen LogP contribution in [0.3, 0.4) is 0 Å². The van der Waals surface area contributed by atoms with Gasteiger partial charge in [0.2, 0.25) is 0 Å². The summed E-state index contributed by atoms with van der Waals surface area (Å²) in [7, 11) is 3.39. The van der Waals surface area contributed by atoms with Crippen LogP contribution in [0.1, 0.15) is 19.4 Å². The van der Waals surface area contributed by atoms with E-state index in [4.69, 9.17) is 14.2 Å². The molecule has 1 heterocycles. The number of ether oxygens (including phenoxy) is 3. The fourth-order valence-corrected chi connectivity index (χ4v) is 2.66. The third-order valence-electron chi connectivity index (χ3n) is 3.38. The van der Waals surface area contributed by atoms with Crippen LogP contribution in [-0.2, 0) is 11.3 Å². The fraction of sp³-hybridized carbons (Fsp3) is 0.600. The van der Waals surface area contributed by atoms with Crippen LogP contribution in [0.4, 0.5) is 0 Å². The highest BCUT2D eigenvalue weighted by molar-refractivity contribution is 5.40. The van der Waals surface area contributed by atoms with Crippen molar-refractivity contribution in [2.45, 2.75) is 32.6 Å². The normalized spacial score (nSPS) is 24.2. The van der Waals surface area contributed by atoms with E-state index in [0.29, 0.717) is 0 Å². The SMILES string of the molecule is COc1ccc(OC)c(CN2CC(C)OC(C)C2)c1. The Labute approximate surface area is 115 Å². The molecule has 4 heteroatoms. The average Bonchev–Trinajstić information content (AvgIpc) is 2.37. The van der Waals surface area contributed by atoms with Crippen LogP contribution in [0.15, 0.2) is 18.2 Å². The molecular formula is C15H23NO3. The van der Waals surface area contributed by atoms with Gasteiger partial charge in [-0.05, 0) is 32.0 Å². The number of hydrogen-bond donors (Lipinski definition) is 0. The minimum absolute atomic E-state index is 0.278. The lowest BCUT2D eigenvalue weighted by atomic mass is 10.1. The monoisotopic (exact) mass is 265 g/mol. The van der Waals surface area contributed by atoms with E-state index in [1.54, 1.807) is 14.2 Å². The summed E-state index contributed by atoms with van der Waals surface area (Å²) in [4.78, 5) is 2.40. The predicted molar refractivity (Wildman–Crippen MR) is 74.8 cm³/mol. The number of nitrogens with zero attached hydrogens (tertiary/aromatic N) is 1. The van der Waals surface area contributed by atoms with Gasteiger partial charge in [0.25, 0.3) is 0 Å². The minimum atomic E-state index is 0.278. The number of benzene rings is 1. The standard InChI is InChI=1S/C15H23NO3/c1-11-8-16(9-12(2)19-11)10-13-7-14(17-3)5-6-15(13)18-4/h5-7,11-12H,8-10H2,1-4H3. The molecule has 106 valence electrons. The Morgan fingerprint density at radius 1 is 1.16 bits per heavy atom. The van der Waals surface area contributed by atoms with Crippen LogP contribution in [0.5, 0.6) is 11.5 Å². The van der Waals surface area contributed by atoms with E-state index in [2.05, 4.69) is 18.7 Å². The molecule has 0 N–H and O–H groups in total. The summed E-state index contributed by atoms with van der Waals surface area (Å²) in [6, 6.07) is 5.93. The van der Waals surface area contributed by atoms with E-state index in [0.717, 1.165) is 36.7 Å². The van der Waals surface area contributed by atoms with Crippen molar-refractivity contribution in [3.63, 3.8) is 0 Å². The summed E-state index contributed by atoms with van der Waals surface area (Å²) in [5, 5.41) is 0. The van der Waals surface area contributed by atoms with Crippen molar-refractivity contribution in [2.24, 2.45) is 0 Å². The van der Waals surface area contributed by atoms with Crippen LogP contribution in [0, 0.1) is 0 Å². The molecule has 1 aromatic rings. The molecule has 0 spiro atoms. The van der Waals surface area contributed by atoms with Gasteiger partial charge >= 0.3 is 0 Å². The molecule has 19 heavy (non-hydrogen) atoms. The van der Waals surface area contributed by atoms with E-state index < -0.39 is 0 Å². The molecule has 0 bridgehead atoms. The first-order valence-electron chi connectivity index (χ1n) is 6.71. The van der Waals surface area contributed by atoms with Crippen molar-refractivity contribution in [1.29, 1.82) is 0 Å². The van der Waals surface area contributed by atoms with Crippen molar-refractivity contribution in [3.8, 4) is 11.5 Å². The summed E-state index contributed by atoms with van der Waals surface area (Å²) in [5.74, 6) is 1.78. The maximum Gasteiger partial charge on any atom is 0.123 e. The molecule has 1 aliphatic rings. The molecule has 0 radical (unpaired) electrons. The number of methoxy groups -OCH3 is 2. The van der Waals surface area contributed by atoms with E-state index in [9.17, 15) is 0 Å². The Kier molecular flexibility index (Phi) is 4.66. The summed E-state index contributed by atoms with van der Waals surface area (Å²) >= 11 is 0. The number of morpholine rings is 1. The lowest BCUT2D eigenvalue weighted by Crippen LogP contribution is -2.44. The third-order valence-corrected chi connectivity index (χ3v) is 3.38. The highest BCUT2D eigenvalue weighted by Gasteiger charge is 2.23. The Morgan fingerprint density at radius 3 is 2.42 bits per heavy atom. The lowest BCUT2D eigenvalue weighted by Gasteiger charge is -2.35. The minimum Gasteiger partial charge on any atom is -0.497 e. The summed E-state index contributed by atoms with van der Waals surface area (Å²) in [6.07, 6.45) is 0.556. The Hall–Kier alpha value is -1.26. The third kappa shape index (κ3) is 3.61. The zero-order valence-electron chi connectivity index (χ0n) is 12.2. The molecule has 0 amide bonds. The first kappa shape index (κ1) is 14.2. The van der Waals surface area contributed by atoms with E-state index in [1.807, 2.05) is 18.2 Å². The predicted octanol–water partition coefficient (Wildman–Crippen LogP) is 2.31. The largest absolute Gasteiger partial charge is 0.497 e. The lowest BCUT2D eigenvalue weighted by molar-refractivity contribution is -0.0706. The van der Waals surface area contributed by atoms with Crippen molar-refractivity contribution in [3.05, 3.63) is 23.8 Å². The van der Waals surface area contributed by atoms with Gasteiger partial charge in [0.1, 0.15) is 11.5 Å². The molecule has 1 fully saturated rings. The smallest absolute Gasteiger partial charge is 0.123 e. The van der Waals surface area contributed by atoms with Crippen molar-refractivity contribution in [1.82, 2.24) is 4.90 Å². The second-order valence-electron chi connectivity index (χ2n) is 5.13. The fourth-order valence-electron chi connectivity index (χ4n) is 2.66. The molecule has 1 aromatic carbocycles. The maximum atomic E-state index is 5.76. The Bertz CT molecular complexity index is 412. The van der Waals surface area contributed by atoms with Crippen LogP contribution >= 0.6 is 0 Å². The van der Waals surface area contributed by atoms with E-state index in [-0.39, 0.29) is 12.2 Å². The molecule has 2 rings (SSSR count). The summed E-state index contributed by atoms with van der Waals surface area (Å²) in [6.45, 7) is 6.99. The zero-order chi connectivity index (χ0) is 13.8. The van der Waals surface area contributed by atoms with Gasteiger partial charge < -0.3 is 14.2 Å². The van der Waals surface area contributed by atoms with Gasteiger partial charge in [-0.25, -0.2) is 0 Å². The maximum absolute atomic E-state index is 5.76. The molecule has 1 saturated heterocycles. The van der Waals surface area contributed by atoms with Gasteiger partial charge in [-0.3, -0.25) is 4.90 Å². The molecule has 2 atom stereocenters. The highest BCUT2D eigenvalue weighted by Crippen LogP contribution is 2.26. The van der Waals surface area contributed by atoms with Gasteiger partial charge in [-0.15, -0.1) is 0 Å². The second kappa shape index (κ2) is 6.26. The molecule has 0 aliphatic carbocycles. The van der Waals surface area contributed by atoms with Gasteiger partial charge in [0, 0.05) is 25.2 Å². The zero-order valence-corrected chi connectivity index (χ0v) is 12.2. The number of hydrogen-bond acceptors (Lipinski definition) is 4. The van der Waals surface area contributed by atoms with Crippen LogP contribution < -0.4 is 9.47 Å². The number of rotatable bonds is 4. The Morgan fingerprint density at radius 2 is 1.84 bits per heavy atom. The van der Waals surface area contributed by atoms with Crippen LogP contribution in [0.2, 0.25) is 0 Å². The van der Waals surface area contributed by atoms with Crippen molar-refractivity contribution in [2.75, 3.05) is 27.3 Å². The molecule has 0 aromatic heterocycles. The highest BCUT2D eigenvalue weighted by atomic mass is 16.5.